The van der Waals surface area contributed by atoms with Gasteiger partial charge in [0.2, 0.25) is 0 Å². The number of nitro benzene ring substituents is 1. The van der Waals surface area contributed by atoms with Gasteiger partial charge in [0.05, 0.1) is 35.7 Å². The van der Waals surface area contributed by atoms with Gasteiger partial charge in [-0.15, -0.1) is 0 Å². The molecule has 0 aromatic heterocycles. The van der Waals surface area contributed by atoms with Gasteiger partial charge in [0.15, 0.2) is 0 Å². The van der Waals surface area contributed by atoms with Gasteiger partial charge < -0.3 is 44.2 Å². The lowest BCUT2D eigenvalue weighted by Crippen LogP contribution is -2.33. The van der Waals surface area contributed by atoms with Crippen LogP contribution in [0.2, 0.25) is 0 Å². The highest BCUT2D eigenvalue weighted by Gasteiger charge is 2.38. The van der Waals surface area contributed by atoms with Crippen LogP contribution in [0.4, 0.5) is 5.69 Å². The first-order chi connectivity index (χ1) is 26.6. The highest BCUT2D eigenvalue weighted by atomic mass is 16.6. The molecule has 55 heavy (non-hydrogen) atoms. The number of aliphatic hydroxyl groups is 1. The van der Waals surface area contributed by atoms with E-state index in [0.717, 1.165) is 25.6 Å². The number of allylic oxidation sites excluding steroid dienone is 2. The highest BCUT2D eigenvalue weighted by molar-refractivity contribution is 5.99. The van der Waals surface area contributed by atoms with E-state index in [0.29, 0.717) is 53.9 Å². The first kappa shape index (κ1) is 40.7. The number of non-ortho nitro benzene ring substituents is 1. The van der Waals surface area contributed by atoms with Crippen molar-refractivity contribution in [3.05, 3.63) is 117 Å². The molecule has 1 fully saturated rings. The lowest BCUT2D eigenvalue weighted by Gasteiger charge is -2.30. The fourth-order valence-electron chi connectivity index (χ4n) is 6.04. The summed E-state index contributed by atoms with van der Waals surface area (Å²) < 4.78 is 33.5. The fraction of sp³-hybridized carbons (Fsp3) is 0.415. The number of nitro groups is 1. The Morgan fingerprint density at radius 3 is 2.16 bits per heavy atom. The fourth-order valence-corrected chi connectivity index (χ4v) is 6.04. The maximum absolute atomic E-state index is 13.4. The zero-order valence-electron chi connectivity index (χ0n) is 31.4. The average Bonchev–Trinajstić information content (AvgIpc) is 4.02. The predicted molar refractivity (Wildman–Crippen MR) is 203 cm³/mol. The van der Waals surface area contributed by atoms with Gasteiger partial charge in [0.1, 0.15) is 49.8 Å². The molecule has 0 amide bonds. The van der Waals surface area contributed by atoms with Crippen LogP contribution < -0.4 is 24.8 Å². The zero-order valence-corrected chi connectivity index (χ0v) is 31.4. The maximum atomic E-state index is 13.4. The summed E-state index contributed by atoms with van der Waals surface area (Å²) in [4.78, 5) is 37.2. The van der Waals surface area contributed by atoms with Gasteiger partial charge in [-0.25, -0.2) is 9.59 Å². The van der Waals surface area contributed by atoms with E-state index < -0.39 is 28.9 Å². The predicted octanol–water partition coefficient (Wildman–Crippen LogP) is 5.00. The maximum Gasteiger partial charge on any atom is 0.336 e. The number of ether oxygens (including phenoxy) is 6. The van der Waals surface area contributed by atoms with E-state index in [4.69, 9.17) is 28.4 Å². The van der Waals surface area contributed by atoms with Crippen LogP contribution in [0.5, 0.6) is 17.2 Å². The number of hydrogen-bond acceptors (Lipinski definition) is 13. The Morgan fingerprint density at radius 1 is 0.873 bits per heavy atom. The van der Waals surface area contributed by atoms with Crippen molar-refractivity contribution in [3.8, 4) is 17.2 Å². The van der Waals surface area contributed by atoms with Crippen LogP contribution in [-0.2, 0) is 30.2 Å². The Labute approximate surface area is 320 Å². The molecule has 2 aliphatic rings. The monoisotopic (exact) mass is 759 g/mol. The molecule has 1 aliphatic carbocycles. The zero-order chi connectivity index (χ0) is 39.2. The summed E-state index contributed by atoms with van der Waals surface area (Å²) in [5.74, 6) is 0.306. The summed E-state index contributed by atoms with van der Waals surface area (Å²) >= 11 is 0. The number of methoxy groups -OCH3 is 1. The minimum absolute atomic E-state index is 0.0446. The molecule has 0 spiro atoms. The number of carbonyl (C=O) groups excluding carboxylic acids is 2. The van der Waals surface area contributed by atoms with E-state index in [1.54, 1.807) is 44.2 Å². The molecule has 14 heteroatoms. The third kappa shape index (κ3) is 12.3. The van der Waals surface area contributed by atoms with Crippen molar-refractivity contribution in [1.82, 2.24) is 10.6 Å². The number of hydrogen-bond donors (Lipinski definition) is 3. The summed E-state index contributed by atoms with van der Waals surface area (Å²) in [5.41, 5.74) is 2.57. The Morgan fingerprint density at radius 2 is 1.51 bits per heavy atom. The van der Waals surface area contributed by atoms with E-state index in [-0.39, 0.29) is 36.7 Å². The second kappa shape index (κ2) is 20.3. The van der Waals surface area contributed by atoms with E-state index in [9.17, 15) is 24.8 Å². The number of nitrogens with zero attached hydrogens (tertiary/aromatic N) is 1. The standard InChI is InChI=1S/C41H49N3O11/c1-27-37(40(46)50-3)39(31-5-4-6-32(23-31)44(48)49)38(28(2)43-27)41(47)54-22-21-53-35-15-13-34(14-16-35)52-20-18-42-24-33(45)26-55-36-11-9-29(10-12-36)17-19-51-25-30-7-8-30/h4-6,9-16,23,30,33,39,42-43,45H,7-8,17-22,24-26H2,1-3H3. The van der Waals surface area contributed by atoms with Crippen LogP contribution in [-0.4, -0.2) is 87.9 Å². The van der Waals surface area contributed by atoms with Crippen molar-refractivity contribution in [2.24, 2.45) is 5.92 Å². The van der Waals surface area contributed by atoms with Gasteiger partial charge in [-0.1, -0.05) is 24.3 Å². The molecule has 2 unspecified atom stereocenters. The molecule has 1 heterocycles. The molecule has 1 saturated carbocycles. The quantitative estimate of drug-likeness (QED) is 0.0540. The topological polar surface area (TPSA) is 177 Å². The molecule has 3 aromatic carbocycles. The third-order valence-corrected chi connectivity index (χ3v) is 9.09. The largest absolute Gasteiger partial charge is 0.492 e. The SMILES string of the molecule is COC(=O)C1=C(C)NC(C)=C(C(=O)OCCOc2ccc(OCCNCC(O)COc3ccc(CCOCC4CC4)cc3)cc2)C1c1cccc([N+](=O)[O-])c1. The molecule has 294 valence electrons. The van der Waals surface area contributed by atoms with Crippen molar-refractivity contribution in [2.75, 3.05) is 59.8 Å². The number of nitrogens with one attached hydrogen (secondary N) is 2. The molecule has 1 aliphatic heterocycles. The number of dihydropyridines is 1. The molecule has 3 aromatic rings. The molecule has 5 rings (SSSR count). The first-order valence-corrected chi connectivity index (χ1v) is 18.3. The van der Waals surface area contributed by atoms with Gasteiger partial charge >= 0.3 is 11.9 Å². The van der Waals surface area contributed by atoms with E-state index in [2.05, 4.69) is 10.6 Å². The lowest BCUT2D eigenvalue weighted by molar-refractivity contribution is -0.384. The van der Waals surface area contributed by atoms with Crippen LogP contribution in [0.25, 0.3) is 0 Å². The van der Waals surface area contributed by atoms with Crippen molar-refractivity contribution in [2.45, 2.75) is 45.1 Å². The summed E-state index contributed by atoms with van der Waals surface area (Å²) in [6, 6.07) is 20.6. The van der Waals surface area contributed by atoms with Crippen LogP contribution in [0, 0.1) is 16.0 Å². The number of aliphatic hydroxyl groups excluding tert-OH is 1. The normalized spacial score (nSPS) is 15.9. The van der Waals surface area contributed by atoms with Crippen molar-refractivity contribution >= 4 is 17.6 Å². The lowest BCUT2D eigenvalue weighted by atomic mass is 9.80. The van der Waals surface area contributed by atoms with Gasteiger partial charge in [0.25, 0.3) is 5.69 Å². The summed E-state index contributed by atoms with van der Waals surface area (Å²) in [5, 5.41) is 28.0. The minimum Gasteiger partial charge on any atom is -0.492 e. The molecule has 0 radical (unpaired) electrons. The number of carbonyl (C=O) groups is 2. The van der Waals surface area contributed by atoms with Gasteiger partial charge in [-0.2, -0.15) is 0 Å². The number of rotatable bonds is 22. The second-order valence-electron chi connectivity index (χ2n) is 13.4. The molecule has 0 bridgehead atoms. The van der Waals surface area contributed by atoms with Crippen LogP contribution in [0.15, 0.2) is 95.3 Å². The minimum atomic E-state index is -0.954. The van der Waals surface area contributed by atoms with Gasteiger partial charge in [-0.05, 0) is 86.6 Å². The van der Waals surface area contributed by atoms with Crippen LogP contribution >= 0.6 is 0 Å². The Balaban J connectivity index is 0.990. The smallest absolute Gasteiger partial charge is 0.336 e. The van der Waals surface area contributed by atoms with Crippen molar-refractivity contribution < 1.29 is 48.0 Å². The first-order valence-electron chi connectivity index (χ1n) is 18.3. The highest BCUT2D eigenvalue weighted by Crippen LogP contribution is 2.40. The van der Waals surface area contributed by atoms with E-state index in [1.165, 1.54) is 43.7 Å². The summed E-state index contributed by atoms with van der Waals surface area (Å²) in [6.45, 7) is 6.29. The number of benzene rings is 3. The van der Waals surface area contributed by atoms with Crippen molar-refractivity contribution in [3.63, 3.8) is 0 Å². The van der Waals surface area contributed by atoms with Crippen LogP contribution in [0.1, 0.15) is 43.7 Å². The second-order valence-corrected chi connectivity index (χ2v) is 13.4. The molecule has 0 saturated heterocycles. The molecule has 14 nitrogen and oxygen atoms in total. The number of esters is 2. The Kier molecular flexibility index (Phi) is 15.0. The van der Waals surface area contributed by atoms with Crippen LogP contribution in [0.3, 0.4) is 0 Å². The summed E-state index contributed by atoms with van der Waals surface area (Å²) in [6.07, 6.45) is 2.77. The van der Waals surface area contributed by atoms with Gasteiger partial charge in [-0.3, -0.25) is 10.1 Å². The molecule has 2 atom stereocenters. The molecular formula is C41H49N3O11. The van der Waals surface area contributed by atoms with E-state index in [1.807, 2.05) is 24.3 Å². The van der Waals surface area contributed by atoms with Gasteiger partial charge in [0, 0.05) is 43.2 Å². The van der Waals surface area contributed by atoms with Crippen molar-refractivity contribution in [1.29, 1.82) is 0 Å². The summed E-state index contributed by atoms with van der Waals surface area (Å²) in [7, 11) is 1.23. The Hall–Kier alpha value is -5.44. The third-order valence-electron chi connectivity index (χ3n) is 9.09. The average molecular weight is 760 g/mol. The molecular weight excluding hydrogens is 710 g/mol. The Bertz CT molecular complexity index is 1820. The molecule has 3 N–H and O–H groups in total. The van der Waals surface area contributed by atoms with E-state index >= 15 is 0 Å².